The highest BCUT2D eigenvalue weighted by atomic mass is 32.1. The number of nitrogens with zero attached hydrogens (tertiary/aromatic N) is 4. The van der Waals surface area contributed by atoms with Crippen LogP contribution in [0.25, 0.3) is 11.3 Å². The monoisotopic (exact) mass is 371 g/mol. The Hall–Kier alpha value is -3.07. The number of ether oxygens (including phenoxy) is 1. The first-order valence-electron chi connectivity index (χ1n) is 7.94. The van der Waals surface area contributed by atoms with E-state index in [-0.39, 0.29) is 18.0 Å². The lowest BCUT2D eigenvalue weighted by atomic mass is 10.1. The summed E-state index contributed by atoms with van der Waals surface area (Å²) in [6.45, 7) is 1.75. The molecule has 0 aliphatic rings. The first-order valence-corrected chi connectivity index (χ1v) is 8.75. The second kappa shape index (κ2) is 7.87. The van der Waals surface area contributed by atoms with E-state index in [4.69, 9.17) is 4.74 Å². The Balaban J connectivity index is 1.79. The molecule has 26 heavy (non-hydrogen) atoms. The maximum Gasteiger partial charge on any atom is 0.267 e. The number of methoxy groups -OCH3 is 1. The van der Waals surface area contributed by atoms with Crippen LogP contribution in [0.15, 0.2) is 41.2 Å². The van der Waals surface area contributed by atoms with Gasteiger partial charge in [0.15, 0.2) is 0 Å². The van der Waals surface area contributed by atoms with Gasteiger partial charge in [-0.2, -0.15) is 5.10 Å². The van der Waals surface area contributed by atoms with Crippen LogP contribution in [0.2, 0.25) is 0 Å². The van der Waals surface area contributed by atoms with E-state index in [0.29, 0.717) is 16.6 Å². The highest BCUT2D eigenvalue weighted by molar-refractivity contribution is 7.15. The van der Waals surface area contributed by atoms with Crippen molar-refractivity contribution in [2.24, 2.45) is 0 Å². The van der Waals surface area contributed by atoms with E-state index in [1.54, 1.807) is 13.2 Å². The molecular weight excluding hydrogens is 354 g/mol. The summed E-state index contributed by atoms with van der Waals surface area (Å²) in [7, 11) is 1.58. The molecule has 0 atom stereocenters. The molecule has 0 aliphatic carbocycles. The van der Waals surface area contributed by atoms with Crippen molar-refractivity contribution in [3.05, 3.63) is 51.8 Å². The largest absolute Gasteiger partial charge is 0.497 e. The summed E-state index contributed by atoms with van der Waals surface area (Å²) in [6.07, 6.45) is 0.747. The number of benzene rings is 1. The summed E-state index contributed by atoms with van der Waals surface area (Å²) < 4.78 is 6.32. The lowest BCUT2D eigenvalue weighted by Crippen LogP contribution is -2.29. The van der Waals surface area contributed by atoms with E-state index >= 15 is 0 Å². The molecule has 3 aromatic rings. The van der Waals surface area contributed by atoms with Crippen molar-refractivity contribution in [2.75, 3.05) is 12.4 Å². The molecule has 0 spiro atoms. The molecule has 0 unspecified atom stereocenters. The Kier molecular flexibility index (Phi) is 5.37. The van der Waals surface area contributed by atoms with Gasteiger partial charge in [-0.3, -0.25) is 14.9 Å². The summed E-state index contributed by atoms with van der Waals surface area (Å²) in [5, 5.41) is 16.0. The number of rotatable bonds is 6. The van der Waals surface area contributed by atoms with Gasteiger partial charge in [0, 0.05) is 11.6 Å². The molecular formula is C17H17N5O3S. The number of anilines is 1. The molecule has 9 heteroatoms. The summed E-state index contributed by atoms with van der Waals surface area (Å²) in [5.74, 6) is 0.295. The van der Waals surface area contributed by atoms with Gasteiger partial charge in [0.1, 0.15) is 17.3 Å². The highest BCUT2D eigenvalue weighted by Crippen LogP contribution is 2.21. The van der Waals surface area contributed by atoms with Crippen molar-refractivity contribution in [3.63, 3.8) is 0 Å². The van der Waals surface area contributed by atoms with Crippen molar-refractivity contribution in [3.8, 4) is 17.0 Å². The van der Waals surface area contributed by atoms with E-state index in [1.807, 2.05) is 31.2 Å². The van der Waals surface area contributed by atoms with Crippen LogP contribution >= 0.6 is 11.3 Å². The Bertz CT molecular complexity index is 982. The van der Waals surface area contributed by atoms with Crippen LogP contribution < -0.4 is 15.6 Å². The van der Waals surface area contributed by atoms with Crippen LogP contribution in [0, 0.1) is 0 Å². The smallest absolute Gasteiger partial charge is 0.267 e. The van der Waals surface area contributed by atoms with Crippen LogP contribution in [0.1, 0.15) is 11.9 Å². The standard InChI is InChI=1S/C17H17N5O3S/c1-3-15-19-20-17(26-15)18-14(23)10-22-16(24)8-7-13(21-22)11-5-4-6-12(9-11)25-2/h4-9H,3,10H2,1-2H3,(H,18,20,23). The molecule has 0 saturated carbocycles. The van der Waals surface area contributed by atoms with Crippen molar-refractivity contribution >= 4 is 22.4 Å². The van der Waals surface area contributed by atoms with Crippen LogP contribution in [0.3, 0.4) is 0 Å². The molecule has 1 aromatic carbocycles. The Morgan fingerprint density at radius 2 is 2.12 bits per heavy atom. The number of hydrogen-bond acceptors (Lipinski definition) is 7. The third-order valence-electron chi connectivity index (χ3n) is 3.54. The third kappa shape index (κ3) is 4.12. The zero-order valence-corrected chi connectivity index (χ0v) is 15.1. The number of nitrogens with one attached hydrogen (secondary N) is 1. The van der Waals surface area contributed by atoms with Gasteiger partial charge in [-0.05, 0) is 24.6 Å². The highest BCUT2D eigenvalue weighted by Gasteiger charge is 2.11. The quantitative estimate of drug-likeness (QED) is 0.711. The van der Waals surface area contributed by atoms with Crippen LogP contribution in [0.4, 0.5) is 5.13 Å². The fourth-order valence-corrected chi connectivity index (χ4v) is 2.94. The predicted molar refractivity (Wildman–Crippen MR) is 98.4 cm³/mol. The van der Waals surface area contributed by atoms with Gasteiger partial charge in [0.05, 0.1) is 12.8 Å². The second-order valence-electron chi connectivity index (χ2n) is 5.35. The van der Waals surface area contributed by atoms with Crippen molar-refractivity contribution in [2.45, 2.75) is 19.9 Å². The van der Waals surface area contributed by atoms with Gasteiger partial charge < -0.3 is 4.74 Å². The van der Waals surface area contributed by atoms with Gasteiger partial charge in [-0.1, -0.05) is 30.4 Å². The first kappa shape index (κ1) is 17.7. The Morgan fingerprint density at radius 1 is 1.27 bits per heavy atom. The van der Waals surface area contributed by atoms with Gasteiger partial charge in [0.2, 0.25) is 11.0 Å². The SMILES string of the molecule is CCc1nnc(NC(=O)Cn2nc(-c3cccc(OC)c3)ccc2=O)s1. The molecule has 134 valence electrons. The fourth-order valence-electron chi connectivity index (χ4n) is 2.24. The molecule has 1 amide bonds. The zero-order valence-electron chi connectivity index (χ0n) is 14.3. The molecule has 0 fully saturated rings. The third-order valence-corrected chi connectivity index (χ3v) is 4.52. The predicted octanol–water partition coefficient (Wildman–Crippen LogP) is 1.97. The minimum Gasteiger partial charge on any atom is -0.497 e. The molecule has 8 nitrogen and oxygen atoms in total. The van der Waals surface area contributed by atoms with Gasteiger partial charge >= 0.3 is 0 Å². The van der Waals surface area contributed by atoms with E-state index in [0.717, 1.165) is 21.7 Å². The molecule has 2 aromatic heterocycles. The summed E-state index contributed by atoms with van der Waals surface area (Å²) >= 11 is 1.30. The van der Waals surface area contributed by atoms with Gasteiger partial charge in [-0.25, -0.2) is 4.68 Å². The first-order chi connectivity index (χ1) is 12.6. The Morgan fingerprint density at radius 3 is 2.85 bits per heavy atom. The molecule has 3 rings (SSSR count). The maximum atomic E-state index is 12.2. The van der Waals surface area contributed by atoms with Crippen molar-refractivity contribution < 1.29 is 9.53 Å². The topological polar surface area (TPSA) is 99.0 Å². The molecule has 1 N–H and O–H groups in total. The number of hydrogen-bond donors (Lipinski definition) is 1. The minimum absolute atomic E-state index is 0.211. The average molecular weight is 371 g/mol. The zero-order chi connectivity index (χ0) is 18.5. The molecule has 0 bridgehead atoms. The summed E-state index contributed by atoms with van der Waals surface area (Å²) in [4.78, 5) is 24.2. The minimum atomic E-state index is -0.388. The second-order valence-corrected chi connectivity index (χ2v) is 6.41. The van der Waals surface area contributed by atoms with Gasteiger partial charge in [-0.15, -0.1) is 10.2 Å². The molecule has 0 saturated heterocycles. The van der Waals surface area contributed by atoms with Crippen molar-refractivity contribution in [1.82, 2.24) is 20.0 Å². The number of aromatic nitrogens is 4. The number of carbonyl (C=O) groups is 1. The lowest BCUT2D eigenvalue weighted by Gasteiger charge is -2.08. The van der Waals surface area contributed by atoms with E-state index < -0.39 is 0 Å². The summed E-state index contributed by atoms with van der Waals surface area (Å²) in [6, 6.07) is 10.3. The number of carbonyl (C=O) groups excluding carboxylic acids is 1. The van der Waals surface area contributed by atoms with E-state index in [2.05, 4.69) is 20.6 Å². The average Bonchev–Trinajstić information content (AvgIpc) is 3.11. The molecule has 2 heterocycles. The van der Waals surface area contributed by atoms with Gasteiger partial charge in [0.25, 0.3) is 5.56 Å². The normalized spacial score (nSPS) is 10.5. The number of aryl methyl sites for hydroxylation is 1. The van der Waals surface area contributed by atoms with E-state index in [9.17, 15) is 9.59 Å². The maximum absolute atomic E-state index is 12.2. The van der Waals surface area contributed by atoms with Crippen LogP contribution in [0.5, 0.6) is 5.75 Å². The van der Waals surface area contributed by atoms with Crippen LogP contribution in [-0.4, -0.2) is 33.0 Å². The van der Waals surface area contributed by atoms with Crippen molar-refractivity contribution in [1.29, 1.82) is 0 Å². The van der Waals surface area contributed by atoms with E-state index in [1.165, 1.54) is 17.4 Å². The fraction of sp³-hybridized carbons (Fsp3) is 0.235. The van der Waals surface area contributed by atoms with Crippen LogP contribution in [-0.2, 0) is 17.8 Å². The lowest BCUT2D eigenvalue weighted by molar-refractivity contribution is -0.117. The number of amides is 1. The summed E-state index contributed by atoms with van der Waals surface area (Å²) in [5.41, 5.74) is 0.994. The molecule has 0 aliphatic heterocycles. The Labute approximate surface area is 153 Å². The molecule has 0 radical (unpaired) electrons.